The Labute approximate surface area is 103 Å². The molecule has 2 bridgehead atoms. The van der Waals surface area contributed by atoms with Gasteiger partial charge in [0.25, 0.3) is 0 Å². The highest BCUT2D eigenvalue weighted by molar-refractivity contribution is 5.91. The molecule has 1 nitrogen and oxygen atoms in total. The van der Waals surface area contributed by atoms with Crippen LogP contribution in [0.5, 0.6) is 0 Å². The summed E-state index contributed by atoms with van der Waals surface area (Å²) in [4.78, 5) is 12.4. The molecule has 90 valence electrons. The SMILES string of the molecule is CC1(C)[C@@]2(c3ccccc3)CC[C@]1(C)C(=O)C2. The predicted octanol–water partition coefficient (Wildman–Crippen LogP) is 3.72. The topological polar surface area (TPSA) is 17.1 Å². The third-order valence-corrected chi connectivity index (χ3v) is 6.03. The summed E-state index contributed by atoms with van der Waals surface area (Å²) in [6.45, 7) is 6.75. The first kappa shape index (κ1) is 11.0. The molecule has 1 aromatic carbocycles. The molecule has 2 aliphatic rings. The van der Waals surface area contributed by atoms with Crippen molar-refractivity contribution in [1.82, 2.24) is 0 Å². The van der Waals surface area contributed by atoms with Gasteiger partial charge in [0.2, 0.25) is 0 Å². The van der Waals surface area contributed by atoms with Crippen LogP contribution in [-0.4, -0.2) is 5.78 Å². The van der Waals surface area contributed by atoms with E-state index in [0.717, 1.165) is 19.3 Å². The van der Waals surface area contributed by atoms with Crippen molar-refractivity contribution in [3.05, 3.63) is 35.9 Å². The maximum Gasteiger partial charge on any atom is 0.140 e. The van der Waals surface area contributed by atoms with E-state index in [1.807, 2.05) is 0 Å². The predicted molar refractivity (Wildman–Crippen MR) is 68.9 cm³/mol. The average Bonchev–Trinajstić information content (AvgIpc) is 2.61. The summed E-state index contributed by atoms with van der Waals surface area (Å²) in [7, 11) is 0. The van der Waals surface area contributed by atoms with Gasteiger partial charge >= 0.3 is 0 Å². The number of hydrogen-bond acceptors (Lipinski definition) is 1. The number of benzene rings is 1. The zero-order valence-corrected chi connectivity index (χ0v) is 10.9. The largest absolute Gasteiger partial charge is 0.299 e. The molecule has 2 atom stereocenters. The highest BCUT2D eigenvalue weighted by Gasteiger charge is 2.69. The molecule has 3 rings (SSSR count). The molecule has 0 aliphatic heterocycles. The van der Waals surface area contributed by atoms with Gasteiger partial charge in [-0.25, -0.2) is 0 Å². The lowest BCUT2D eigenvalue weighted by molar-refractivity contribution is -0.128. The molecule has 0 heterocycles. The summed E-state index contributed by atoms with van der Waals surface area (Å²) in [6.07, 6.45) is 2.94. The van der Waals surface area contributed by atoms with Crippen molar-refractivity contribution in [3.63, 3.8) is 0 Å². The molecule has 0 unspecified atom stereocenters. The van der Waals surface area contributed by atoms with Gasteiger partial charge in [-0.05, 0) is 23.8 Å². The number of carbonyl (C=O) groups excluding carboxylic acids is 1. The number of ketones is 1. The molecular weight excluding hydrogens is 208 g/mol. The fraction of sp³-hybridized carbons (Fsp3) is 0.562. The molecule has 1 heteroatoms. The van der Waals surface area contributed by atoms with E-state index in [1.54, 1.807) is 0 Å². The Morgan fingerprint density at radius 2 is 1.65 bits per heavy atom. The maximum absolute atomic E-state index is 12.4. The quantitative estimate of drug-likeness (QED) is 0.716. The molecule has 2 fully saturated rings. The Kier molecular flexibility index (Phi) is 1.95. The first-order chi connectivity index (χ1) is 7.94. The van der Waals surface area contributed by atoms with E-state index in [1.165, 1.54) is 5.56 Å². The minimum atomic E-state index is -0.108. The Morgan fingerprint density at radius 3 is 2.12 bits per heavy atom. The third kappa shape index (κ3) is 1.04. The van der Waals surface area contributed by atoms with Gasteiger partial charge in [-0.15, -0.1) is 0 Å². The van der Waals surface area contributed by atoms with Crippen molar-refractivity contribution >= 4 is 5.78 Å². The van der Waals surface area contributed by atoms with Gasteiger partial charge in [0.15, 0.2) is 0 Å². The lowest BCUT2D eigenvalue weighted by Gasteiger charge is -2.40. The maximum atomic E-state index is 12.4. The summed E-state index contributed by atoms with van der Waals surface area (Å²) in [5, 5.41) is 0. The lowest BCUT2D eigenvalue weighted by atomic mass is 9.62. The van der Waals surface area contributed by atoms with E-state index in [2.05, 4.69) is 51.1 Å². The number of carbonyl (C=O) groups is 1. The Balaban J connectivity index is 2.20. The highest BCUT2D eigenvalue weighted by Crippen LogP contribution is 2.70. The van der Waals surface area contributed by atoms with Gasteiger partial charge in [-0.1, -0.05) is 51.1 Å². The molecule has 1 aromatic rings. The Morgan fingerprint density at radius 1 is 1.00 bits per heavy atom. The van der Waals surface area contributed by atoms with Crippen molar-refractivity contribution in [1.29, 1.82) is 0 Å². The van der Waals surface area contributed by atoms with Crippen molar-refractivity contribution in [2.24, 2.45) is 10.8 Å². The van der Waals surface area contributed by atoms with Gasteiger partial charge in [0.1, 0.15) is 5.78 Å². The summed E-state index contributed by atoms with van der Waals surface area (Å²) >= 11 is 0. The molecule has 0 N–H and O–H groups in total. The van der Waals surface area contributed by atoms with E-state index >= 15 is 0 Å². The summed E-state index contributed by atoms with van der Waals surface area (Å²) < 4.78 is 0. The second-order valence-electron chi connectivity index (χ2n) is 6.51. The van der Waals surface area contributed by atoms with Crippen LogP contribution in [-0.2, 0) is 10.2 Å². The number of fused-ring (bicyclic) bond motifs is 2. The Hall–Kier alpha value is -1.11. The molecule has 0 aromatic heterocycles. The lowest BCUT2D eigenvalue weighted by Crippen LogP contribution is -2.38. The van der Waals surface area contributed by atoms with Gasteiger partial charge < -0.3 is 0 Å². The van der Waals surface area contributed by atoms with Gasteiger partial charge in [0, 0.05) is 17.3 Å². The fourth-order valence-electron chi connectivity index (χ4n) is 4.25. The first-order valence-corrected chi connectivity index (χ1v) is 6.53. The molecule has 0 amide bonds. The van der Waals surface area contributed by atoms with Gasteiger partial charge in [-0.3, -0.25) is 4.79 Å². The molecule has 17 heavy (non-hydrogen) atoms. The normalized spacial score (nSPS) is 38.6. The molecular formula is C16H20O. The molecule has 0 radical (unpaired) electrons. The average molecular weight is 228 g/mol. The van der Waals surface area contributed by atoms with Crippen LogP contribution >= 0.6 is 0 Å². The summed E-state index contributed by atoms with van der Waals surface area (Å²) in [5.41, 5.74) is 1.42. The van der Waals surface area contributed by atoms with Crippen LogP contribution < -0.4 is 0 Å². The van der Waals surface area contributed by atoms with E-state index in [0.29, 0.717) is 5.78 Å². The van der Waals surface area contributed by atoms with Crippen LogP contribution in [0.4, 0.5) is 0 Å². The van der Waals surface area contributed by atoms with Crippen molar-refractivity contribution in [3.8, 4) is 0 Å². The van der Waals surface area contributed by atoms with Crippen LogP contribution in [0.3, 0.4) is 0 Å². The highest BCUT2D eigenvalue weighted by atomic mass is 16.1. The second-order valence-corrected chi connectivity index (χ2v) is 6.51. The van der Waals surface area contributed by atoms with Crippen molar-refractivity contribution in [2.45, 2.75) is 45.4 Å². The van der Waals surface area contributed by atoms with E-state index in [-0.39, 0.29) is 16.2 Å². The smallest absolute Gasteiger partial charge is 0.140 e. The van der Waals surface area contributed by atoms with Crippen molar-refractivity contribution < 1.29 is 4.79 Å². The number of rotatable bonds is 1. The van der Waals surface area contributed by atoms with Crippen LogP contribution in [0.15, 0.2) is 30.3 Å². The minimum absolute atomic E-state index is 0.0818. The molecule has 2 aliphatic carbocycles. The summed E-state index contributed by atoms with van der Waals surface area (Å²) in [5.74, 6) is 0.470. The monoisotopic (exact) mass is 228 g/mol. The second kappa shape index (κ2) is 3.01. The van der Waals surface area contributed by atoms with Crippen LogP contribution in [0.2, 0.25) is 0 Å². The first-order valence-electron chi connectivity index (χ1n) is 6.53. The number of hydrogen-bond donors (Lipinski definition) is 0. The Bertz CT molecular complexity index is 474. The van der Waals surface area contributed by atoms with Gasteiger partial charge in [-0.2, -0.15) is 0 Å². The standard InChI is InChI=1S/C16H20O/c1-14(2)15(3)9-10-16(14,11-13(15)17)12-7-5-4-6-8-12/h4-8H,9-11H2,1-3H3/t15-,16+/m1/s1. The molecule has 2 saturated carbocycles. The zero-order valence-electron chi connectivity index (χ0n) is 10.9. The van der Waals surface area contributed by atoms with E-state index in [9.17, 15) is 4.79 Å². The van der Waals surface area contributed by atoms with Crippen LogP contribution in [0.1, 0.15) is 45.6 Å². The van der Waals surface area contributed by atoms with E-state index < -0.39 is 0 Å². The fourth-order valence-corrected chi connectivity index (χ4v) is 4.25. The molecule has 0 spiro atoms. The van der Waals surface area contributed by atoms with Gasteiger partial charge in [0.05, 0.1) is 0 Å². The summed E-state index contributed by atoms with van der Waals surface area (Å²) in [6, 6.07) is 10.6. The molecule has 0 saturated heterocycles. The third-order valence-electron chi connectivity index (χ3n) is 6.03. The minimum Gasteiger partial charge on any atom is -0.299 e. The number of Topliss-reactive ketones (excluding diaryl/α,β-unsaturated/α-hetero) is 1. The van der Waals surface area contributed by atoms with E-state index in [4.69, 9.17) is 0 Å². The van der Waals surface area contributed by atoms with Crippen LogP contribution in [0.25, 0.3) is 0 Å². The zero-order chi connectivity index (χ0) is 12.3. The van der Waals surface area contributed by atoms with Crippen LogP contribution in [0, 0.1) is 10.8 Å². The van der Waals surface area contributed by atoms with Crippen molar-refractivity contribution in [2.75, 3.05) is 0 Å².